The Labute approximate surface area is 98.9 Å². The highest BCUT2D eigenvalue weighted by molar-refractivity contribution is 9.09. The Balaban J connectivity index is 2.21. The molecule has 0 fully saturated rings. The molecule has 0 atom stereocenters. The average molecular weight is 302 g/mol. The van der Waals surface area contributed by atoms with Gasteiger partial charge in [-0.15, -0.1) is 5.10 Å². The maximum Gasteiger partial charge on any atom is 0.411 e. The third-order valence-corrected chi connectivity index (χ3v) is 2.06. The van der Waals surface area contributed by atoms with Gasteiger partial charge in [-0.05, 0) is 0 Å². The largest absolute Gasteiger partial charge is 0.411 e. The van der Waals surface area contributed by atoms with Crippen LogP contribution in [0.1, 0.15) is 5.69 Å². The molecule has 0 spiro atoms. The van der Waals surface area contributed by atoms with E-state index in [0.29, 0.717) is 0 Å². The zero-order chi connectivity index (χ0) is 12.0. The summed E-state index contributed by atoms with van der Waals surface area (Å²) in [6, 6.07) is 0. The lowest BCUT2D eigenvalue weighted by molar-refractivity contribution is -0.174. The molecular formula is C8H11BrF3N3O. The van der Waals surface area contributed by atoms with Crippen LogP contribution in [-0.4, -0.2) is 39.7 Å². The predicted molar refractivity (Wildman–Crippen MR) is 54.4 cm³/mol. The Morgan fingerprint density at radius 2 is 2.19 bits per heavy atom. The van der Waals surface area contributed by atoms with Crippen molar-refractivity contribution in [2.24, 2.45) is 0 Å². The van der Waals surface area contributed by atoms with Gasteiger partial charge in [-0.3, -0.25) is 0 Å². The topological polar surface area (TPSA) is 39.9 Å². The molecule has 0 aromatic carbocycles. The zero-order valence-electron chi connectivity index (χ0n) is 8.37. The Bertz CT molecular complexity index is 316. The molecule has 1 heterocycles. The first-order chi connectivity index (χ1) is 7.51. The lowest BCUT2D eigenvalue weighted by Crippen LogP contribution is -2.19. The van der Waals surface area contributed by atoms with Crippen LogP contribution >= 0.6 is 15.9 Å². The molecule has 8 heteroatoms. The molecule has 0 aliphatic rings. The van der Waals surface area contributed by atoms with E-state index in [-0.39, 0.29) is 13.2 Å². The highest BCUT2D eigenvalue weighted by Gasteiger charge is 2.27. The summed E-state index contributed by atoms with van der Waals surface area (Å²) >= 11 is 3.25. The van der Waals surface area contributed by atoms with Gasteiger partial charge in [-0.1, -0.05) is 21.1 Å². The quantitative estimate of drug-likeness (QED) is 0.594. The van der Waals surface area contributed by atoms with E-state index in [1.807, 2.05) is 0 Å². The first-order valence-electron chi connectivity index (χ1n) is 4.61. The van der Waals surface area contributed by atoms with E-state index in [2.05, 4.69) is 31.0 Å². The van der Waals surface area contributed by atoms with Crippen LogP contribution in [-0.2, 0) is 17.7 Å². The summed E-state index contributed by atoms with van der Waals surface area (Å²) < 4.78 is 41.1. The van der Waals surface area contributed by atoms with E-state index in [4.69, 9.17) is 0 Å². The number of nitrogens with zero attached hydrogens (tertiary/aromatic N) is 3. The second kappa shape index (κ2) is 6.19. The van der Waals surface area contributed by atoms with Crippen LogP contribution in [0.15, 0.2) is 6.20 Å². The molecule has 0 aliphatic carbocycles. The van der Waals surface area contributed by atoms with Gasteiger partial charge in [0.25, 0.3) is 0 Å². The fourth-order valence-electron chi connectivity index (χ4n) is 1.01. The summed E-state index contributed by atoms with van der Waals surface area (Å²) in [5, 5.41) is 8.37. The molecule has 4 nitrogen and oxygen atoms in total. The smallest absolute Gasteiger partial charge is 0.370 e. The van der Waals surface area contributed by atoms with Crippen LogP contribution in [0.3, 0.4) is 0 Å². The molecule has 0 saturated carbocycles. The first-order valence-corrected chi connectivity index (χ1v) is 5.73. The highest BCUT2D eigenvalue weighted by Crippen LogP contribution is 2.14. The number of alkyl halides is 4. The standard InChI is InChI=1S/C8H11BrF3N3O/c9-2-1-7-5-15(14-13-7)3-4-16-6-8(10,11)12/h5H,1-4,6H2. The van der Waals surface area contributed by atoms with E-state index in [0.717, 1.165) is 17.4 Å². The summed E-state index contributed by atoms with van der Waals surface area (Å²) in [6.45, 7) is -0.988. The number of hydrogen-bond acceptors (Lipinski definition) is 3. The monoisotopic (exact) mass is 301 g/mol. The number of ether oxygens (including phenoxy) is 1. The summed E-state index contributed by atoms with van der Waals surface area (Å²) in [5.74, 6) is 0. The second-order valence-electron chi connectivity index (χ2n) is 3.08. The van der Waals surface area contributed by atoms with Crippen LogP contribution in [0.4, 0.5) is 13.2 Å². The van der Waals surface area contributed by atoms with E-state index in [9.17, 15) is 13.2 Å². The highest BCUT2D eigenvalue weighted by atomic mass is 79.9. The average Bonchev–Trinajstić information content (AvgIpc) is 2.60. The van der Waals surface area contributed by atoms with E-state index < -0.39 is 12.8 Å². The van der Waals surface area contributed by atoms with Crippen LogP contribution < -0.4 is 0 Å². The van der Waals surface area contributed by atoms with E-state index in [1.54, 1.807) is 6.20 Å². The SMILES string of the molecule is FC(F)(F)COCCn1cc(CCBr)nn1. The Kier molecular flexibility index (Phi) is 5.20. The number of rotatable bonds is 6. The molecule has 1 aromatic rings. The van der Waals surface area contributed by atoms with Gasteiger partial charge in [0.1, 0.15) is 6.61 Å². The van der Waals surface area contributed by atoms with Gasteiger partial charge in [0, 0.05) is 17.9 Å². The summed E-state index contributed by atoms with van der Waals surface area (Å²) in [4.78, 5) is 0. The first kappa shape index (κ1) is 13.4. The Morgan fingerprint density at radius 1 is 1.44 bits per heavy atom. The molecule has 0 amide bonds. The van der Waals surface area contributed by atoms with E-state index in [1.165, 1.54) is 4.68 Å². The fraction of sp³-hybridized carbons (Fsp3) is 0.750. The number of aromatic nitrogens is 3. The molecule has 0 saturated heterocycles. The van der Waals surface area contributed by atoms with Gasteiger partial charge >= 0.3 is 6.18 Å². The minimum absolute atomic E-state index is 0.0311. The van der Waals surface area contributed by atoms with Crippen molar-refractivity contribution in [1.29, 1.82) is 0 Å². The van der Waals surface area contributed by atoms with Crippen LogP contribution in [0, 0.1) is 0 Å². The third-order valence-electron chi connectivity index (χ3n) is 1.67. The summed E-state index contributed by atoms with van der Waals surface area (Å²) in [6.07, 6.45) is -1.84. The summed E-state index contributed by atoms with van der Waals surface area (Å²) in [7, 11) is 0. The van der Waals surface area contributed by atoms with E-state index >= 15 is 0 Å². The maximum absolute atomic E-state index is 11.7. The zero-order valence-corrected chi connectivity index (χ0v) is 9.96. The molecular weight excluding hydrogens is 291 g/mol. The minimum atomic E-state index is -4.27. The third kappa shape index (κ3) is 5.45. The van der Waals surface area contributed by atoms with Crippen molar-refractivity contribution in [1.82, 2.24) is 15.0 Å². The molecule has 1 aromatic heterocycles. The molecule has 0 radical (unpaired) electrons. The van der Waals surface area contributed by atoms with Crippen molar-refractivity contribution in [3.8, 4) is 0 Å². The molecule has 16 heavy (non-hydrogen) atoms. The van der Waals surface area contributed by atoms with Gasteiger partial charge in [0.05, 0.1) is 18.8 Å². The van der Waals surface area contributed by atoms with Crippen molar-refractivity contribution < 1.29 is 17.9 Å². The molecule has 0 unspecified atom stereocenters. The molecule has 0 aliphatic heterocycles. The van der Waals surface area contributed by atoms with Crippen LogP contribution in [0.2, 0.25) is 0 Å². The van der Waals surface area contributed by atoms with Crippen molar-refractivity contribution in [2.75, 3.05) is 18.5 Å². The Hall–Kier alpha value is -0.630. The number of hydrogen-bond donors (Lipinski definition) is 0. The van der Waals surface area contributed by atoms with Crippen LogP contribution in [0.25, 0.3) is 0 Å². The van der Waals surface area contributed by atoms with Crippen molar-refractivity contribution >= 4 is 15.9 Å². The molecule has 0 N–H and O–H groups in total. The number of aryl methyl sites for hydroxylation is 1. The second-order valence-corrected chi connectivity index (χ2v) is 3.87. The fourth-order valence-corrected chi connectivity index (χ4v) is 1.41. The van der Waals surface area contributed by atoms with Crippen molar-refractivity contribution in [2.45, 2.75) is 19.1 Å². The van der Waals surface area contributed by atoms with Gasteiger partial charge in [-0.25, -0.2) is 4.68 Å². The lowest BCUT2D eigenvalue weighted by Gasteiger charge is -2.06. The van der Waals surface area contributed by atoms with Gasteiger partial charge < -0.3 is 4.74 Å². The van der Waals surface area contributed by atoms with Gasteiger partial charge in [-0.2, -0.15) is 13.2 Å². The van der Waals surface area contributed by atoms with Gasteiger partial charge in [0.15, 0.2) is 0 Å². The normalized spacial score (nSPS) is 12.0. The minimum Gasteiger partial charge on any atom is -0.370 e. The van der Waals surface area contributed by atoms with Crippen molar-refractivity contribution in [3.63, 3.8) is 0 Å². The summed E-state index contributed by atoms with van der Waals surface area (Å²) in [5.41, 5.74) is 0.799. The lowest BCUT2D eigenvalue weighted by atomic mass is 10.4. The van der Waals surface area contributed by atoms with Crippen LogP contribution in [0.5, 0.6) is 0 Å². The molecule has 92 valence electrons. The maximum atomic E-state index is 11.7. The number of halogens is 4. The predicted octanol–water partition coefficient (Wildman–Crippen LogP) is 1.79. The van der Waals surface area contributed by atoms with Crippen molar-refractivity contribution in [3.05, 3.63) is 11.9 Å². The molecule has 0 bridgehead atoms. The Morgan fingerprint density at radius 3 is 2.81 bits per heavy atom. The van der Waals surface area contributed by atoms with Gasteiger partial charge in [0.2, 0.25) is 0 Å². The molecule has 1 rings (SSSR count).